The number of ether oxygens (including phenoxy) is 3. The lowest BCUT2D eigenvalue weighted by molar-refractivity contribution is -0.139. The van der Waals surface area contributed by atoms with Crippen LogP contribution in [0.4, 0.5) is 4.79 Å². The van der Waals surface area contributed by atoms with Gasteiger partial charge in [-0.05, 0) is 48.6 Å². The van der Waals surface area contributed by atoms with E-state index in [1.165, 1.54) is 4.90 Å². The van der Waals surface area contributed by atoms with Crippen LogP contribution < -0.4 is 14.8 Å². The van der Waals surface area contributed by atoms with E-state index < -0.39 is 12.0 Å². The van der Waals surface area contributed by atoms with Crippen molar-refractivity contribution in [3.8, 4) is 11.5 Å². The highest BCUT2D eigenvalue weighted by Crippen LogP contribution is 2.35. The fourth-order valence-electron chi connectivity index (χ4n) is 5.71. The molecule has 0 bridgehead atoms. The molecule has 0 radical (unpaired) electrons. The van der Waals surface area contributed by atoms with Crippen molar-refractivity contribution in [3.63, 3.8) is 0 Å². The molecule has 10 nitrogen and oxygen atoms in total. The number of rotatable bonds is 6. The Kier molecular flexibility index (Phi) is 8.19. The largest absolute Gasteiger partial charge is 0.463 e. The molecule has 5 rings (SSSR count). The number of hydrogen-bond donors (Lipinski definition) is 1. The third kappa shape index (κ3) is 5.81. The van der Waals surface area contributed by atoms with E-state index in [1.54, 1.807) is 32.2 Å². The zero-order valence-electron chi connectivity index (χ0n) is 25.2. The molecule has 0 unspecified atom stereocenters. The first kappa shape index (κ1) is 29.4. The van der Waals surface area contributed by atoms with Crippen molar-refractivity contribution in [2.45, 2.75) is 52.1 Å². The SMILES string of the molecule is CCOC(=O)C1=C(CN2CCN(C(=O)c3ccc4c(c3)OCO4)[C@@H](C)C2)N(C)C(=O)N[C@@H]1c1ccc(C(C)(C)C)cc1. The monoisotopic (exact) mass is 576 g/mol. The van der Waals surface area contributed by atoms with Gasteiger partial charge in [0.2, 0.25) is 6.79 Å². The summed E-state index contributed by atoms with van der Waals surface area (Å²) in [5, 5.41) is 3.00. The first-order chi connectivity index (χ1) is 20.0. The third-order valence-corrected chi connectivity index (χ3v) is 8.15. The van der Waals surface area contributed by atoms with Crippen molar-refractivity contribution in [3.05, 3.63) is 70.4 Å². The molecule has 3 heterocycles. The first-order valence-corrected chi connectivity index (χ1v) is 14.5. The van der Waals surface area contributed by atoms with Gasteiger partial charge in [0, 0.05) is 50.5 Å². The third-order valence-electron chi connectivity index (χ3n) is 8.15. The summed E-state index contributed by atoms with van der Waals surface area (Å²) in [6.45, 7) is 12.6. The summed E-state index contributed by atoms with van der Waals surface area (Å²) < 4.78 is 16.3. The summed E-state index contributed by atoms with van der Waals surface area (Å²) in [5.41, 5.74) is 3.53. The van der Waals surface area contributed by atoms with Gasteiger partial charge in [0.1, 0.15) is 0 Å². The Morgan fingerprint density at radius 1 is 1.05 bits per heavy atom. The standard InChI is InChI=1S/C32H40N4O6/c1-7-40-30(38)27-24(34(6)31(39)33-28(27)21-8-11-23(12-9-21)32(3,4)5)18-35-14-15-36(20(2)17-35)29(37)22-10-13-25-26(16-22)42-19-41-25/h8-13,16,20,28H,7,14-15,17-19H2,1-6H3,(H,33,39)/t20-,28+/m0/s1. The normalized spacial score (nSPS) is 21.0. The summed E-state index contributed by atoms with van der Waals surface area (Å²) in [6.07, 6.45) is 0. The molecular formula is C32H40N4O6. The fraction of sp³-hybridized carbons (Fsp3) is 0.469. The highest BCUT2D eigenvalue weighted by molar-refractivity contribution is 5.96. The Balaban J connectivity index is 1.38. The number of nitrogens with one attached hydrogen (secondary N) is 1. The van der Waals surface area contributed by atoms with Gasteiger partial charge < -0.3 is 24.4 Å². The highest BCUT2D eigenvalue weighted by atomic mass is 16.7. The highest BCUT2D eigenvalue weighted by Gasteiger charge is 2.38. The first-order valence-electron chi connectivity index (χ1n) is 14.5. The van der Waals surface area contributed by atoms with E-state index in [-0.39, 0.29) is 36.8 Å². The molecule has 2 atom stereocenters. The Bertz CT molecular complexity index is 1400. The van der Waals surface area contributed by atoms with Crippen LogP contribution >= 0.6 is 0 Å². The number of urea groups is 1. The van der Waals surface area contributed by atoms with Crippen LogP contribution in [0.1, 0.15) is 62.1 Å². The van der Waals surface area contributed by atoms with Gasteiger partial charge in [-0.25, -0.2) is 9.59 Å². The number of likely N-dealkylation sites (N-methyl/N-ethyl adjacent to an activating group) is 1. The molecule has 1 fully saturated rings. The van der Waals surface area contributed by atoms with E-state index in [0.29, 0.717) is 54.5 Å². The van der Waals surface area contributed by atoms with Crippen LogP contribution in [-0.2, 0) is 14.9 Å². The van der Waals surface area contributed by atoms with Crippen LogP contribution in [0.5, 0.6) is 11.5 Å². The van der Waals surface area contributed by atoms with Gasteiger partial charge in [-0.1, -0.05) is 45.0 Å². The average Bonchev–Trinajstić information content (AvgIpc) is 3.43. The molecule has 0 spiro atoms. The topological polar surface area (TPSA) is 101 Å². The van der Waals surface area contributed by atoms with Crippen LogP contribution in [0, 0.1) is 0 Å². The number of amides is 3. The lowest BCUT2D eigenvalue weighted by Gasteiger charge is -2.42. The minimum atomic E-state index is -0.636. The van der Waals surface area contributed by atoms with Crippen molar-refractivity contribution in [1.82, 2.24) is 20.0 Å². The quantitative estimate of drug-likeness (QED) is 0.518. The molecule has 2 aromatic rings. The number of fused-ring (bicyclic) bond motifs is 1. The summed E-state index contributed by atoms with van der Waals surface area (Å²) in [5.74, 6) is 0.694. The molecule has 2 aromatic carbocycles. The van der Waals surface area contributed by atoms with E-state index in [0.717, 1.165) is 11.1 Å². The van der Waals surface area contributed by atoms with Crippen molar-refractivity contribution in [2.75, 3.05) is 46.6 Å². The molecule has 1 saturated heterocycles. The van der Waals surface area contributed by atoms with Gasteiger partial charge in [-0.2, -0.15) is 0 Å². The number of carbonyl (C=O) groups excluding carboxylic acids is 3. The minimum absolute atomic E-state index is 0.0253. The van der Waals surface area contributed by atoms with Crippen molar-refractivity contribution < 1.29 is 28.6 Å². The molecule has 3 aliphatic rings. The summed E-state index contributed by atoms with van der Waals surface area (Å²) in [6, 6.07) is 12.3. The van der Waals surface area contributed by atoms with Crippen molar-refractivity contribution in [1.29, 1.82) is 0 Å². The second-order valence-corrected chi connectivity index (χ2v) is 12.0. The smallest absolute Gasteiger partial charge is 0.338 e. The van der Waals surface area contributed by atoms with Crippen LogP contribution in [0.15, 0.2) is 53.7 Å². The van der Waals surface area contributed by atoms with Gasteiger partial charge in [0.15, 0.2) is 11.5 Å². The Morgan fingerprint density at radius 3 is 2.43 bits per heavy atom. The van der Waals surface area contributed by atoms with Crippen molar-refractivity contribution in [2.24, 2.45) is 0 Å². The lowest BCUT2D eigenvalue weighted by atomic mass is 9.85. The van der Waals surface area contributed by atoms with Crippen LogP contribution in [0.25, 0.3) is 0 Å². The van der Waals surface area contributed by atoms with E-state index >= 15 is 0 Å². The molecule has 3 aliphatic heterocycles. The number of benzene rings is 2. The zero-order valence-corrected chi connectivity index (χ0v) is 25.2. The van der Waals surface area contributed by atoms with E-state index in [2.05, 4.69) is 31.0 Å². The van der Waals surface area contributed by atoms with Crippen LogP contribution in [-0.4, -0.2) is 85.3 Å². The zero-order chi connectivity index (χ0) is 30.2. The fourth-order valence-corrected chi connectivity index (χ4v) is 5.71. The number of carbonyl (C=O) groups is 3. The lowest BCUT2D eigenvalue weighted by Crippen LogP contribution is -2.56. The molecule has 0 aliphatic carbocycles. The maximum Gasteiger partial charge on any atom is 0.338 e. The van der Waals surface area contributed by atoms with Gasteiger partial charge in [-0.3, -0.25) is 14.6 Å². The van der Waals surface area contributed by atoms with Gasteiger partial charge in [0.05, 0.1) is 18.2 Å². The second kappa shape index (κ2) is 11.7. The van der Waals surface area contributed by atoms with E-state index in [1.807, 2.05) is 36.1 Å². The number of esters is 1. The predicted molar refractivity (Wildman–Crippen MR) is 157 cm³/mol. The maximum absolute atomic E-state index is 13.4. The molecule has 224 valence electrons. The van der Waals surface area contributed by atoms with E-state index in [4.69, 9.17) is 14.2 Å². The van der Waals surface area contributed by atoms with Crippen LogP contribution in [0.2, 0.25) is 0 Å². The second-order valence-electron chi connectivity index (χ2n) is 12.0. The predicted octanol–water partition coefficient (Wildman–Crippen LogP) is 4.07. The summed E-state index contributed by atoms with van der Waals surface area (Å²) in [4.78, 5) is 45.5. The maximum atomic E-state index is 13.4. The number of hydrogen-bond acceptors (Lipinski definition) is 7. The van der Waals surface area contributed by atoms with Crippen molar-refractivity contribution >= 4 is 17.9 Å². The molecule has 1 N–H and O–H groups in total. The molecule has 10 heteroatoms. The summed E-state index contributed by atoms with van der Waals surface area (Å²) in [7, 11) is 1.67. The van der Waals surface area contributed by atoms with Gasteiger partial charge in [-0.15, -0.1) is 0 Å². The van der Waals surface area contributed by atoms with Gasteiger partial charge >= 0.3 is 12.0 Å². The molecule has 42 heavy (non-hydrogen) atoms. The molecule has 3 amide bonds. The minimum Gasteiger partial charge on any atom is -0.463 e. The Hall–Kier alpha value is -4.05. The van der Waals surface area contributed by atoms with Gasteiger partial charge in [0.25, 0.3) is 5.91 Å². The number of piperazine rings is 1. The van der Waals surface area contributed by atoms with Crippen LogP contribution in [0.3, 0.4) is 0 Å². The number of nitrogens with zero attached hydrogens (tertiary/aromatic N) is 3. The molecule has 0 saturated carbocycles. The summed E-state index contributed by atoms with van der Waals surface area (Å²) >= 11 is 0. The Labute approximate surface area is 247 Å². The average molecular weight is 577 g/mol. The van der Waals surface area contributed by atoms with E-state index in [9.17, 15) is 14.4 Å². The molecule has 0 aromatic heterocycles. The Morgan fingerprint density at radius 2 is 1.76 bits per heavy atom. The molecular weight excluding hydrogens is 536 g/mol.